The van der Waals surface area contributed by atoms with Gasteiger partial charge in [0.25, 0.3) is 0 Å². The van der Waals surface area contributed by atoms with Crippen molar-refractivity contribution >= 4 is 12.3 Å². The van der Waals surface area contributed by atoms with Crippen molar-refractivity contribution in [3.63, 3.8) is 0 Å². The fraction of sp³-hybridized carbons (Fsp3) is 0.909. The number of carbonyl (C=O) groups excluding carboxylic acids is 2. The topological polar surface area (TPSA) is 78.0 Å². The Morgan fingerprint density at radius 1 is 1.00 bits per heavy atom. The molecule has 0 aromatic heterocycles. The molecule has 0 aromatic carbocycles. The van der Waals surface area contributed by atoms with Crippen LogP contribution >= 0.6 is 0 Å². The lowest BCUT2D eigenvalue weighted by Crippen LogP contribution is -2.55. The van der Waals surface area contributed by atoms with Gasteiger partial charge in [-0.3, -0.25) is 24.4 Å². The van der Waals surface area contributed by atoms with Gasteiger partial charge in [0.2, 0.25) is 6.23 Å². The first kappa shape index (κ1) is 25.5. The lowest BCUT2D eigenvalue weighted by molar-refractivity contribution is -0.173. The number of likely N-dealkylation sites (N-methyl/N-ethyl adjacent to an activating group) is 1. The molecule has 0 amide bonds. The Labute approximate surface area is 192 Å². The predicted molar refractivity (Wildman–Crippen MR) is 120 cm³/mol. The second kappa shape index (κ2) is 12.9. The molecule has 0 bridgehead atoms. The van der Waals surface area contributed by atoms with Crippen molar-refractivity contribution in [3.8, 4) is 0 Å². The first-order valence-corrected chi connectivity index (χ1v) is 12.0. The second-order valence-electron chi connectivity index (χ2n) is 8.82. The maximum absolute atomic E-state index is 12.2. The van der Waals surface area contributed by atoms with Gasteiger partial charge >= 0.3 is 5.97 Å². The van der Waals surface area contributed by atoms with E-state index in [1.165, 1.54) is 0 Å². The van der Waals surface area contributed by atoms with Crippen molar-refractivity contribution < 1.29 is 23.8 Å². The van der Waals surface area contributed by atoms with Crippen molar-refractivity contribution in [1.82, 2.24) is 24.5 Å². The number of rotatable bonds is 11. The SMILES string of the molecule is CCOC(=O)C(OCC)N1CCN(CC2CN(CCN3CCN(C)CC3)C(C=O)O2)CC1. The number of carbonyl (C=O) groups is 2. The van der Waals surface area contributed by atoms with Crippen molar-refractivity contribution in [1.29, 1.82) is 0 Å². The molecule has 0 aliphatic carbocycles. The summed E-state index contributed by atoms with van der Waals surface area (Å²) < 4.78 is 16.9. The smallest absolute Gasteiger partial charge is 0.350 e. The summed E-state index contributed by atoms with van der Waals surface area (Å²) in [5.41, 5.74) is 0. The Kier molecular flexibility index (Phi) is 10.3. The zero-order valence-corrected chi connectivity index (χ0v) is 20.0. The highest BCUT2D eigenvalue weighted by molar-refractivity contribution is 5.74. The number of esters is 1. The number of piperazine rings is 2. The molecule has 0 spiro atoms. The molecule has 3 saturated heterocycles. The van der Waals surface area contributed by atoms with Crippen LogP contribution in [0.15, 0.2) is 0 Å². The lowest BCUT2D eigenvalue weighted by Gasteiger charge is -2.38. The van der Waals surface area contributed by atoms with E-state index in [0.717, 1.165) is 84.8 Å². The first-order valence-electron chi connectivity index (χ1n) is 12.0. The number of aldehydes is 1. The van der Waals surface area contributed by atoms with Crippen LogP contribution < -0.4 is 0 Å². The third-order valence-electron chi connectivity index (χ3n) is 6.56. The van der Waals surface area contributed by atoms with Crippen molar-refractivity contribution in [2.75, 3.05) is 98.8 Å². The molecule has 3 atom stereocenters. The average molecular weight is 456 g/mol. The van der Waals surface area contributed by atoms with E-state index in [4.69, 9.17) is 14.2 Å². The molecule has 3 rings (SSSR count). The molecule has 0 saturated carbocycles. The van der Waals surface area contributed by atoms with E-state index in [-0.39, 0.29) is 12.1 Å². The van der Waals surface area contributed by atoms with Crippen LogP contribution in [-0.4, -0.2) is 154 Å². The van der Waals surface area contributed by atoms with Crippen LogP contribution in [0, 0.1) is 0 Å². The fourth-order valence-electron chi connectivity index (χ4n) is 4.63. The molecule has 3 heterocycles. The minimum atomic E-state index is -0.630. The third-order valence-corrected chi connectivity index (χ3v) is 6.56. The van der Waals surface area contributed by atoms with Gasteiger partial charge in [0.1, 0.15) is 0 Å². The van der Waals surface area contributed by atoms with Gasteiger partial charge < -0.3 is 19.1 Å². The molecule has 0 radical (unpaired) electrons. The summed E-state index contributed by atoms with van der Waals surface area (Å²) in [5, 5.41) is 0. The van der Waals surface area contributed by atoms with Gasteiger partial charge in [-0.05, 0) is 20.9 Å². The van der Waals surface area contributed by atoms with Crippen LogP contribution in [0.2, 0.25) is 0 Å². The molecular weight excluding hydrogens is 414 g/mol. The summed E-state index contributed by atoms with van der Waals surface area (Å²) in [6, 6.07) is 0. The van der Waals surface area contributed by atoms with Crippen LogP contribution in [0.1, 0.15) is 13.8 Å². The van der Waals surface area contributed by atoms with Gasteiger partial charge in [-0.25, -0.2) is 4.79 Å². The minimum absolute atomic E-state index is 0.0250. The van der Waals surface area contributed by atoms with Crippen LogP contribution in [-0.2, 0) is 23.8 Å². The molecule has 184 valence electrons. The highest BCUT2D eigenvalue weighted by Crippen LogP contribution is 2.18. The molecule has 0 N–H and O–H groups in total. The maximum atomic E-state index is 12.2. The summed E-state index contributed by atoms with van der Waals surface area (Å²) >= 11 is 0. The zero-order valence-electron chi connectivity index (χ0n) is 20.0. The van der Waals surface area contributed by atoms with E-state index >= 15 is 0 Å². The predicted octanol–water partition coefficient (Wildman–Crippen LogP) is -0.997. The molecule has 3 fully saturated rings. The number of nitrogens with zero attached hydrogens (tertiary/aromatic N) is 5. The van der Waals surface area contributed by atoms with E-state index in [2.05, 4.69) is 26.6 Å². The Morgan fingerprint density at radius 3 is 2.31 bits per heavy atom. The summed E-state index contributed by atoms with van der Waals surface area (Å²) in [7, 11) is 2.16. The quantitative estimate of drug-likeness (QED) is 0.286. The fourth-order valence-corrected chi connectivity index (χ4v) is 4.63. The molecule has 3 aliphatic rings. The Bertz CT molecular complexity index is 581. The molecule has 10 nitrogen and oxygen atoms in total. The van der Waals surface area contributed by atoms with Crippen molar-refractivity contribution in [3.05, 3.63) is 0 Å². The molecule has 10 heteroatoms. The van der Waals surface area contributed by atoms with Gasteiger partial charge in [0.05, 0.1) is 12.7 Å². The van der Waals surface area contributed by atoms with Gasteiger partial charge in [-0.15, -0.1) is 0 Å². The largest absolute Gasteiger partial charge is 0.463 e. The zero-order chi connectivity index (χ0) is 22.9. The molecule has 0 aromatic rings. The highest BCUT2D eigenvalue weighted by Gasteiger charge is 2.36. The Balaban J connectivity index is 1.41. The average Bonchev–Trinajstić information content (AvgIpc) is 3.19. The Morgan fingerprint density at radius 2 is 1.69 bits per heavy atom. The summed E-state index contributed by atoms with van der Waals surface area (Å²) in [6.07, 6.45) is -0.125. The molecular formula is C22H41N5O5. The van der Waals surface area contributed by atoms with Gasteiger partial charge in [0, 0.05) is 85.1 Å². The van der Waals surface area contributed by atoms with Gasteiger partial charge in [0.15, 0.2) is 12.5 Å². The van der Waals surface area contributed by atoms with Crippen LogP contribution in [0.3, 0.4) is 0 Å². The summed E-state index contributed by atoms with van der Waals surface area (Å²) in [5.74, 6) is -0.313. The van der Waals surface area contributed by atoms with Crippen molar-refractivity contribution in [2.45, 2.75) is 32.4 Å². The molecule has 32 heavy (non-hydrogen) atoms. The van der Waals surface area contributed by atoms with Gasteiger partial charge in [-0.1, -0.05) is 0 Å². The van der Waals surface area contributed by atoms with E-state index in [0.29, 0.717) is 13.2 Å². The monoisotopic (exact) mass is 455 g/mol. The molecule has 3 unspecified atom stereocenters. The lowest BCUT2D eigenvalue weighted by atomic mass is 10.2. The Hall–Kier alpha value is -1.14. The van der Waals surface area contributed by atoms with E-state index < -0.39 is 12.5 Å². The van der Waals surface area contributed by atoms with E-state index in [9.17, 15) is 9.59 Å². The van der Waals surface area contributed by atoms with Crippen LogP contribution in [0.25, 0.3) is 0 Å². The highest BCUT2D eigenvalue weighted by atomic mass is 16.6. The maximum Gasteiger partial charge on any atom is 0.350 e. The first-order chi connectivity index (χ1) is 15.5. The van der Waals surface area contributed by atoms with Crippen LogP contribution in [0.5, 0.6) is 0 Å². The number of hydrogen-bond acceptors (Lipinski definition) is 10. The number of ether oxygens (including phenoxy) is 3. The third kappa shape index (κ3) is 7.18. The van der Waals surface area contributed by atoms with E-state index in [1.807, 2.05) is 18.7 Å². The molecule has 3 aliphatic heterocycles. The number of hydrogen-bond donors (Lipinski definition) is 0. The normalized spacial score (nSPS) is 28.1. The minimum Gasteiger partial charge on any atom is -0.463 e. The standard InChI is InChI=1S/C22H41N5O5/c1-4-30-21(22(29)31-5-2)26-13-11-25(12-14-26)16-19-17-27(20(18-28)32-19)15-10-24-8-6-23(3)7-9-24/h18-21H,4-17H2,1-3H3. The second-order valence-corrected chi connectivity index (χ2v) is 8.82. The van der Waals surface area contributed by atoms with E-state index in [1.54, 1.807) is 0 Å². The summed E-state index contributed by atoms with van der Waals surface area (Å²) in [6.45, 7) is 15.4. The van der Waals surface area contributed by atoms with Crippen LogP contribution in [0.4, 0.5) is 0 Å². The van der Waals surface area contributed by atoms with Gasteiger partial charge in [-0.2, -0.15) is 0 Å². The summed E-state index contributed by atoms with van der Waals surface area (Å²) in [4.78, 5) is 35.2. The van der Waals surface area contributed by atoms with Crippen molar-refractivity contribution in [2.24, 2.45) is 0 Å².